The molecule has 0 aliphatic heterocycles. The van der Waals surface area contributed by atoms with E-state index in [1.165, 1.54) is 32.1 Å². The second-order valence-electron chi connectivity index (χ2n) is 6.64. The summed E-state index contributed by atoms with van der Waals surface area (Å²) in [4.78, 5) is 2.44. The zero-order valence-electron chi connectivity index (χ0n) is 11.8. The molecule has 0 aromatic heterocycles. The molecule has 0 amide bonds. The standard InChI is InChI=1S/C15H29NO2/c1-13-4-3-7-15(10-13,12-18)11-16(8-9-17)14-5-2-6-14/h13-14,17-18H,2-12H2,1H3. The zero-order valence-corrected chi connectivity index (χ0v) is 11.8. The van der Waals surface area contributed by atoms with E-state index in [4.69, 9.17) is 0 Å². The van der Waals surface area contributed by atoms with E-state index in [9.17, 15) is 10.2 Å². The molecule has 2 aliphatic carbocycles. The maximum Gasteiger partial charge on any atom is 0.0558 e. The second kappa shape index (κ2) is 6.36. The minimum Gasteiger partial charge on any atom is -0.396 e. The van der Waals surface area contributed by atoms with Gasteiger partial charge in [-0.2, -0.15) is 0 Å². The summed E-state index contributed by atoms with van der Waals surface area (Å²) >= 11 is 0. The molecule has 2 fully saturated rings. The van der Waals surface area contributed by atoms with E-state index in [0.717, 1.165) is 31.8 Å². The second-order valence-corrected chi connectivity index (χ2v) is 6.64. The molecule has 0 radical (unpaired) electrons. The largest absolute Gasteiger partial charge is 0.396 e. The van der Waals surface area contributed by atoms with Crippen LogP contribution in [0.3, 0.4) is 0 Å². The molecule has 0 heterocycles. The topological polar surface area (TPSA) is 43.7 Å². The number of hydrogen-bond acceptors (Lipinski definition) is 3. The van der Waals surface area contributed by atoms with Crippen molar-refractivity contribution in [2.24, 2.45) is 11.3 Å². The molecule has 0 bridgehead atoms. The Labute approximate surface area is 111 Å². The molecular weight excluding hydrogens is 226 g/mol. The van der Waals surface area contributed by atoms with Gasteiger partial charge >= 0.3 is 0 Å². The van der Waals surface area contributed by atoms with E-state index in [2.05, 4.69) is 11.8 Å². The lowest BCUT2D eigenvalue weighted by atomic mass is 9.70. The Morgan fingerprint density at radius 3 is 2.44 bits per heavy atom. The summed E-state index contributed by atoms with van der Waals surface area (Å²) in [5.74, 6) is 0.739. The fourth-order valence-electron chi connectivity index (χ4n) is 3.81. The minimum atomic E-state index is 0.0996. The maximum absolute atomic E-state index is 9.86. The van der Waals surface area contributed by atoms with Crippen LogP contribution >= 0.6 is 0 Å². The SMILES string of the molecule is CC1CCCC(CO)(CN(CCO)C2CCC2)C1. The van der Waals surface area contributed by atoms with Crippen LogP contribution in [0.1, 0.15) is 51.9 Å². The van der Waals surface area contributed by atoms with Gasteiger partial charge in [0.25, 0.3) is 0 Å². The first-order valence-corrected chi connectivity index (χ1v) is 7.65. The highest BCUT2D eigenvalue weighted by Gasteiger charge is 2.38. The quantitative estimate of drug-likeness (QED) is 0.763. The first kappa shape index (κ1) is 14.3. The molecule has 106 valence electrons. The third-order valence-electron chi connectivity index (χ3n) is 5.04. The van der Waals surface area contributed by atoms with E-state index in [0.29, 0.717) is 12.6 Å². The van der Waals surface area contributed by atoms with Crippen molar-refractivity contribution in [2.45, 2.75) is 57.9 Å². The summed E-state index contributed by atoms with van der Waals surface area (Å²) in [5, 5.41) is 19.1. The lowest BCUT2D eigenvalue weighted by molar-refractivity contribution is -0.00827. The van der Waals surface area contributed by atoms with E-state index in [1.807, 2.05) is 0 Å². The van der Waals surface area contributed by atoms with E-state index < -0.39 is 0 Å². The first-order valence-electron chi connectivity index (χ1n) is 7.65. The van der Waals surface area contributed by atoms with Gasteiger partial charge in [0, 0.05) is 31.2 Å². The average molecular weight is 255 g/mol. The molecule has 2 unspecified atom stereocenters. The van der Waals surface area contributed by atoms with Crippen LogP contribution in [0.25, 0.3) is 0 Å². The predicted octanol–water partition coefficient (Wildman–Crippen LogP) is 2.02. The molecule has 0 spiro atoms. The van der Waals surface area contributed by atoms with Crippen LogP contribution in [-0.4, -0.2) is 47.5 Å². The zero-order chi connectivity index (χ0) is 13.0. The fraction of sp³-hybridized carbons (Fsp3) is 1.00. The van der Waals surface area contributed by atoms with Gasteiger partial charge in [-0.1, -0.05) is 26.2 Å². The molecular formula is C15H29NO2. The van der Waals surface area contributed by atoms with Gasteiger partial charge in [-0.15, -0.1) is 0 Å². The van der Waals surface area contributed by atoms with Crippen LogP contribution in [0.15, 0.2) is 0 Å². The fourth-order valence-corrected chi connectivity index (χ4v) is 3.81. The molecule has 2 atom stereocenters. The molecule has 0 aromatic rings. The lowest BCUT2D eigenvalue weighted by Crippen LogP contribution is -2.50. The van der Waals surface area contributed by atoms with Crippen molar-refractivity contribution >= 4 is 0 Å². The Kier molecular flexibility index (Phi) is 5.05. The molecule has 2 saturated carbocycles. The van der Waals surface area contributed by atoms with Gasteiger partial charge in [0.05, 0.1) is 6.61 Å². The molecule has 2 rings (SSSR count). The van der Waals surface area contributed by atoms with Gasteiger partial charge in [-0.3, -0.25) is 4.90 Å². The summed E-state index contributed by atoms with van der Waals surface area (Å²) in [5.41, 5.74) is 0.0996. The summed E-state index contributed by atoms with van der Waals surface area (Å²) in [6.07, 6.45) is 8.74. The van der Waals surface area contributed by atoms with Gasteiger partial charge in [-0.05, 0) is 31.6 Å². The van der Waals surface area contributed by atoms with Crippen molar-refractivity contribution in [1.29, 1.82) is 0 Å². The minimum absolute atomic E-state index is 0.0996. The van der Waals surface area contributed by atoms with Crippen LogP contribution < -0.4 is 0 Å². The van der Waals surface area contributed by atoms with Crippen molar-refractivity contribution in [3.05, 3.63) is 0 Å². The third kappa shape index (κ3) is 3.25. The molecule has 2 aliphatic rings. The number of aliphatic hydroxyl groups is 2. The first-order chi connectivity index (χ1) is 8.69. The van der Waals surface area contributed by atoms with Crippen molar-refractivity contribution < 1.29 is 10.2 Å². The molecule has 3 heteroatoms. The van der Waals surface area contributed by atoms with E-state index in [-0.39, 0.29) is 12.0 Å². The number of nitrogens with zero attached hydrogens (tertiary/aromatic N) is 1. The van der Waals surface area contributed by atoms with Crippen molar-refractivity contribution in [3.8, 4) is 0 Å². The monoisotopic (exact) mass is 255 g/mol. The molecule has 0 aromatic carbocycles. The smallest absolute Gasteiger partial charge is 0.0558 e. The van der Waals surface area contributed by atoms with Crippen molar-refractivity contribution in [1.82, 2.24) is 4.90 Å². The highest BCUT2D eigenvalue weighted by molar-refractivity contribution is 4.91. The molecule has 18 heavy (non-hydrogen) atoms. The van der Waals surface area contributed by atoms with E-state index in [1.54, 1.807) is 0 Å². The Balaban J connectivity index is 1.97. The average Bonchev–Trinajstić information content (AvgIpc) is 2.27. The van der Waals surface area contributed by atoms with E-state index >= 15 is 0 Å². The highest BCUT2D eigenvalue weighted by atomic mass is 16.3. The lowest BCUT2D eigenvalue weighted by Gasteiger charge is -2.46. The van der Waals surface area contributed by atoms with Gasteiger partial charge in [-0.25, -0.2) is 0 Å². The van der Waals surface area contributed by atoms with Crippen LogP contribution in [0.2, 0.25) is 0 Å². The van der Waals surface area contributed by atoms with Gasteiger partial charge in [0.15, 0.2) is 0 Å². The van der Waals surface area contributed by atoms with Crippen LogP contribution in [0, 0.1) is 11.3 Å². The Morgan fingerprint density at radius 2 is 1.94 bits per heavy atom. The summed E-state index contributed by atoms with van der Waals surface area (Å²) in [6, 6.07) is 0.665. The summed E-state index contributed by atoms with van der Waals surface area (Å²) in [6.45, 7) is 4.63. The molecule has 3 nitrogen and oxygen atoms in total. The number of hydrogen-bond donors (Lipinski definition) is 2. The van der Waals surface area contributed by atoms with Crippen molar-refractivity contribution in [3.63, 3.8) is 0 Å². The number of rotatable bonds is 6. The predicted molar refractivity (Wildman–Crippen MR) is 73.4 cm³/mol. The van der Waals surface area contributed by atoms with Gasteiger partial charge < -0.3 is 10.2 Å². The van der Waals surface area contributed by atoms with Gasteiger partial charge in [0.1, 0.15) is 0 Å². The normalized spacial score (nSPS) is 33.7. The third-order valence-corrected chi connectivity index (χ3v) is 5.04. The molecule has 0 saturated heterocycles. The highest BCUT2D eigenvalue weighted by Crippen LogP contribution is 2.41. The Morgan fingerprint density at radius 1 is 1.17 bits per heavy atom. The van der Waals surface area contributed by atoms with Crippen LogP contribution in [0.4, 0.5) is 0 Å². The van der Waals surface area contributed by atoms with Crippen LogP contribution in [-0.2, 0) is 0 Å². The van der Waals surface area contributed by atoms with Crippen LogP contribution in [0.5, 0.6) is 0 Å². The van der Waals surface area contributed by atoms with Crippen molar-refractivity contribution in [2.75, 3.05) is 26.3 Å². The maximum atomic E-state index is 9.86. The van der Waals surface area contributed by atoms with Gasteiger partial charge in [0.2, 0.25) is 0 Å². The summed E-state index contributed by atoms with van der Waals surface area (Å²) < 4.78 is 0. The summed E-state index contributed by atoms with van der Waals surface area (Å²) in [7, 11) is 0. The Hall–Kier alpha value is -0.120. The molecule has 2 N–H and O–H groups in total. The Bertz CT molecular complexity index is 255. The number of aliphatic hydroxyl groups excluding tert-OH is 2.